The van der Waals surface area contributed by atoms with Gasteiger partial charge in [0.05, 0.1) is 22.7 Å². The minimum atomic E-state index is -4.56. The van der Waals surface area contributed by atoms with Crippen molar-refractivity contribution in [2.24, 2.45) is 7.05 Å². The molecule has 3 aromatic heterocycles. The van der Waals surface area contributed by atoms with Gasteiger partial charge in [0.2, 0.25) is 0 Å². The van der Waals surface area contributed by atoms with Gasteiger partial charge < -0.3 is 10.3 Å². The van der Waals surface area contributed by atoms with Gasteiger partial charge in [-0.05, 0) is 25.5 Å². The molecule has 0 saturated carbocycles. The second-order valence-electron chi connectivity index (χ2n) is 5.77. The monoisotopic (exact) mass is 367 g/mol. The number of aromatic nitrogens is 4. The third-order valence-electron chi connectivity index (χ3n) is 3.81. The minimum absolute atomic E-state index is 0.0218. The molecule has 0 saturated heterocycles. The highest BCUT2D eigenvalue weighted by Gasteiger charge is 2.33. The van der Waals surface area contributed by atoms with Crippen LogP contribution in [0.1, 0.15) is 29.1 Å². The molecule has 1 unspecified atom stereocenters. The van der Waals surface area contributed by atoms with Crippen molar-refractivity contribution in [3.8, 4) is 0 Å². The summed E-state index contributed by atoms with van der Waals surface area (Å²) in [6.07, 6.45) is -0.797. The molecule has 0 aromatic carbocycles. The van der Waals surface area contributed by atoms with Crippen LogP contribution in [-0.4, -0.2) is 19.5 Å². The van der Waals surface area contributed by atoms with Gasteiger partial charge in [-0.25, -0.2) is 9.97 Å². The summed E-state index contributed by atoms with van der Waals surface area (Å²) in [5.41, 5.74) is 7.29. The topological polar surface area (TPSA) is 69.6 Å². The molecule has 0 aliphatic carbocycles. The van der Waals surface area contributed by atoms with Gasteiger partial charge >= 0.3 is 6.18 Å². The van der Waals surface area contributed by atoms with Gasteiger partial charge in [-0.15, -0.1) is 0 Å². The summed E-state index contributed by atoms with van der Waals surface area (Å²) in [6, 6.07) is 2.67. The average molecular weight is 367 g/mol. The molecule has 0 spiro atoms. The van der Waals surface area contributed by atoms with Crippen LogP contribution in [0.4, 0.5) is 19.0 Å². The maximum absolute atomic E-state index is 12.9. The molecular formula is C16H16F3N5S. The van der Waals surface area contributed by atoms with Gasteiger partial charge in [0.15, 0.2) is 10.9 Å². The van der Waals surface area contributed by atoms with Crippen LogP contribution in [0.5, 0.6) is 0 Å². The fraction of sp³-hybridized carbons (Fsp3) is 0.312. The van der Waals surface area contributed by atoms with Gasteiger partial charge in [0.1, 0.15) is 5.82 Å². The molecule has 0 fully saturated rings. The third kappa shape index (κ3) is 3.55. The Kier molecular flexibility index (Phi) is 4.36. The van der Waals surface area contributed by atoms with E-state index in [2.05, 4.69) is 15.0 Å². The number of fused-ring (bicyclic) bond motifs is 1. The number of rotatable bonds is 3. The minimum Gasteiger partial charge on any atom is -0.384 e. The zero-order valence-electron chi connectivity index (χ0n) is 13.8. The van der Waals surface area contributed by atoms with Gasteiger partial charge in [0.25, 0.3) is 0 Å². The van der Waals surface area contributed by atoms with Gasteiger partial charge in [-0.2, -0.15) is 13.2 Å². The lowest BCUT2D eigenvalue weighted by Crippen LogP contribution is -2.11. The van der Waals surface area contributed by atoms with Crippen molar-refractivity contribution < 1.29 is 13.2 Å². The number of thioether (sulfide) groups is 1. The van der Waals surface area contributed by atoms with E-state index in [1.54, 1.807) is 6.20 Å². The predicted molar refractivity (Wildman–Crippen MR) is 91.2 cm³/mol. The van der Waals surface area contributed by atoms with Crippen LogP contribution in [0, 0.1) is 6.92 Å². The lowest BCUT2D eigenvalue weighted by molar-refractivity contribution is -0.141. The first-order valence-corrected chi connectivity index (χ1v) is 8.33. The SMILES string of the molecule is Cc1cn(C)c2cnc(C(C)Sc3nc(N)cc(C(F)(F)F)n3)cc12. The smallest absolute Gasteiger partial charge is 0.384 e. The number of alkyl halides is 3. The summed E-state index contributed by atoms with van der Waals surface area (Å²) in [4.78, 5) is 11.9. The van der Waals surface area contributed by atoms with Crippen molar-refractivity contribution in [1.82, 2.24) is 19.5 Å². The Labute approximate surface area is 146 Å². The van der Waals surface area contributed by atoms with E-state index in [1.807, 2.05) is 37.7 Å². The van der Waals surface area contributed by atoms with E-state index in [0.29, 0.717) is 0 Å². The van der Waals surface area contributed by atoms with Crippen molar-refractivity contribution in [3.63, 3.8) is 0 Å². The fourth-order valence-corrected chi connectivity index (χ4v) is 3.45. The van der Waals surface area contributed by atoms with E-state index in [0.717, 1.165) is 40.0 Å². The summed E-state index contributed by atoms with van der Waals surface area (Å²) in [5.74, 6) is -0.209. The normalized spacial score (nSPS) is 13.4. The zero-order valence-corrected chi connectivity index (χ0v) is 14.6. The van der Waals surface area contributed by atoms with E-state index < -0.39 is 11.9 Å². The van der Waals surface area contributed by atoms with Crippen LogP contribution < -0.4 is 5.73 Å². The highest BCUT2D eigenvalue weighted by Crippen LogP contribution is 2.36. The number of nitrogen functional groups attached to an aromatic ring is 1. The molecule has 132 valence electrons. The first kappa shape index (κ1) is 17.5. The van der Waals surface area contributed by atoms with Crippen LogP contribution in [0.3, 0.4) is 0 Å². The van der Waals surface area contributed by atoms with Crippen molar-refractivity contribution in [2.75, 3.05) is 5.73 Å². The molecule has 3 aromatic rings. The molecule has 9 heteroatoms. The van der Waals surface area contributed by atoms with Crippen molar-refractivity contribution in [2.45, 2.75) is 30.4 Å². The third-order valence-corrected chi connectivity index (χ3v) is 4.80. The number of pyridine rings is 1. The zero-order chi connectivity index (χ0) is 18.4. The molecular weight excluding hydrogens is 351 g/mol. The Morgan fingerprint density at radius 3 is 2.64 bits per heavy atom. The summed E-state index contributed by atoms with van der Waals surface area (Å²) in [6.45, 7) is 3.84. The lowest BCUT2D eigenvalue weighted by Gasteiger charge is -2.12. The largest absolute Gasteiger partial charge is 0.433 e. The number of nitrogens with zero attached hydrogens (tertiary/aromatic N) is 4. The lowest BCUT2D eigenvalue weighted by atomic mass is 10.2. The predicted octanol–water partition coefficient (Wildman–Crippen LogP) is 4.13. The number of hydrogen-bond donors (Lipinski definition) is 1. The van der Waals surface area contributed by atoms with Crippen LogP contribution in [0.15, 0.2) is 29.7 Å². The number of nitrogens with two attached hydrogens (primary N) is 1. The molecule has 0 aliphatic rings. The van der Waals surface area contributed by atoms with Crippen LogP contribution in [0.25, 0.3) is 10.9 Å². The van der Waals surface area contributed by atoms with E-state index in [-0.39, 0.29) is 16.2 Å². The van der Waals surface area contributed by atoms with Crippen LogP contribution in [0.2, 0.25) is 0 Å². The van der Waals surface area contributed by atoms with Gasteiger partial charge in [0, 0.05) is 24.7 Å². The Morgan fingerprint density at radius 1 is 1.24 bits per heavy atom. The highest BCUT2D eigenvalue weighted by molar-refractivity contribution is 7.99. The van der Waals surface area contributed by atoms with E-state index in [4.69, 9.17) is 5.73 Å². The number of aryl methyl sites for hydroxylation is 2. The van der Waals surface area contributed by atoms with Gasteiger partial charge in [-0.3, -0.25) is 4.98 Å². The van der Waals surface area contributed by atoms with Crippen LogP contribution >= 0.6 is 11.8 Å². The second kappa shape index (κ2) is 6.21. The summed E-state index contributed by atoms with van der Waals surface area (Å²) in [5, 5.41) is 0.808. The highest BCUT2D eigenvalue weighted by atomic mass is 32.2. The maximum atomic E-state index is 12.9. The quantitative estimate of drug-likeness (QED) is 0.557. The first-order valence-electron chi connectivity index (χ1n) is 7.45. The number of halogens is 3. The van der Waals surface area contributed by atoms with Gasteiger partial charge in [-0.1, -0.05) is 11.8 Å². The summed E-state index contributed by atoms with van der Waals surface area (Å²) >= 11 is 1.09. The molecule has 1 atom stereocenters. The molecule has 0 bridgehead atoms. The Hall–Kier alpha value is -2.29. The van der Waals surface area contributed by atoms with Crippen molar-refractivity contribution in [3.05, 3.63) is 41.5 Å². The summed E-state index contributed by atoms with van der Waals surface area (Å²) in [7, 11) is 1.94. The summed E-state index contributed by atoms with van der Waals surface area (Å²) < 4.78 is 40.6. The van der Waals surface area contributed by atoms with E-state index in [1.165, 1.54) is 0 Å². The maximum Gasteiger partial charge on any atom is 0.433 e. The molecule has 25 heavy (non-hydrogen) atoms. The molecule has 0 amide bonds. The van der Waals surface area contributed by atoms with Crippen LogP contribution in [-0.2, 0) is 13.2 Å². The Bertz CT molecular complexity index is 935. The molecule has 3 rings (SSSR count). The van der Waals surface area contributed by atoms with E-state index in [9.17, 15) is 13.2 Å². The Balaban J connectivity index is 1.91. The number of anilines is 1. The first-order chi connectivity index (χ1) is 11.6. The molecule has 5 nitrogen and oxygen atoms in total. The van der Waals surface area contributed by atoms with E-state index >= 15 is 0 Å². The number of hydrogen-bond acceptors (Lipinski definition) is 5. The fourth-order valence-electron chi connectivity index (χ4n) is 2.57. The second-order valence-corrected chi connectivity index (χ2v) is 7.08. The Morgan fingerprint density at radius 2 is 1.96 bits per heavy atom. The van der Waals surface area contributed by atoms with Crippen molar-refractivity contribution in [1.29, 1.82) is 0 Å². The standard InChI is InChI=1S/C16H16F3N5S/c1-8-7-24(3)12-6-21-11(4-10(8)12)9(2)25-15-22-13(16(17,18)19)5-14(20)23-15/h4-7,9H,1-3H3,(H2,20,22,23). The molecule has 2 N–H and O–H groups in total. The average Bonchev–Trinajstić information content (AvgIpc) is 2.80. The molecule has 3 heterocycles. The molecule has 0 aliphatic heterocycles. The molecule has 0 radical (unpaired) electrons. The van der Waals surface area contributed by atoms with Crippen molar-refractivity contribution >= 4 is 28.5 Å².